The van der Waals surface area contributed by atoms with Crippen LogP contribution in [0.15, 0.2) is 140 Å². The van der Waals surface area contributed by atoms with Gasteiger partial charge in [0.15, 0.2) is 0 Å². The van der Waals surface area contributed by atoms with Crippen molar-refractivity contribution in [2.75, 3.05) is 0 Å². The van der Waals surface area contributed by atoms with Crippen LogP contribution in [0.5, 0.6) is 0 Å². The van der Waals surface area contributed by atoms with E-state index < -0.39 is 7.26 Å². The van der Waals surface area contributed by atoms with Crippen molar-refractivity contribution in [3.8, 4) is 0 Å². The van der Waals surface area contributed by atoms with Crippen molar-refractivity contribution in [2.45, 2.75) is 38.8 Å². The zero-order chi connectivity index (χ0) is 26.5. The highest BCUT2D eigenvalue weighted by Crippen LogP contribution is 2.58. The standard InChI is InChI=1S/C38H36P/c1-2-3-7-15-30-24-25-31-26-27-36-32(16-14-23-37(36)38(31)28-30)29-39(33-17-8-4-9-18-33,34-19-10-5-11-20-34)35-21-12-6-13-22-35/h4-6,8-14,16-28H,2-3,7,15,29H2,1H3/q+1. The van der Waals surface area contributed by atoms with Gasteiger partial charge in [0, 0.05) is 0 Å². The molecule has 39 heavy (non-hydrogen) atoms. The summed E-state index contributed by atoms with van der Waals surface area (Å²) in [6.45, 7) is 2.28. The van der Waals surface area contributed by atoms with Crippen LogP contribution in [0, 0.1) is 0 Å². The first kappa shape index (κ1) is 25.5. The van der Waals surface area contributed by atoms with Gasteiger partial charge < -0.3 is 0 Å². The molecule has 0 saturated heterocycles. The van der Waals surface area contributed by atoms with Gasteiger partial charge in [-0.3, -0.25) is 0 Å². The molecule has 0 aliphatic heterocycles. The van der Waals surface area contributed by atoms with Crippen molar-refractivity contribution in [3.05, 3.63) is 151 Å². The van der Waals surface area contributed by atoms with Gasteiger partial charge in [0.05, 0.1) is 6.16 Å². The molecule has 0 aliphatic rings. The van der Waals surface area contributed by atoms with E-state index in [0.29, 0.717) is 0 Å². The fourth-order valence-electron chi connectivity index (χ4n) is 6.10. The van der Waals surface area contributed by atoms with Gasteiger partial charge >= 0.3 is 0 Å². The molecule has 0 fully saturated rings. The molecule has 6 aromatic carbocycles. The molecule has 0 amide bonds. The maximum Gasteiger partial charge on any atom is 0.116 e. The predicted octanol–water partition coefficient (Wildman–Crippen LogP) is 9.22. The summed E-state index contributed by atoms with van der Waals surface area (Å²) in [5.41, 5.74) is 2.88. The molecule has 0 radical (unpaired) electrons. The Morgan fingerprint density at radius 3 is 1.67 bits per heavy atom. The minimum absolute atomic E-state index is 0.990. The second-order valence-electron chi connectivity index (χ2n) is 10.6. The fourth-order valence-corrected chi connectivity index (χ4v) is 10.4. The third kappa shape index (κ3) is 5.03. The van der Waals surface area contributed by atoms with Gasteiger partial charge in [-0.05, 0) is 81.9 Å². The lowest BCUT2D eigenvalue weighted by molar-refractivity contribution is 0.718. The molecule has 0 spiro atoms. The summed E-state index contributed by atoms with van der Waals surface area (Å²) in [6, 6.07) is 52.4. The molecule has 0 atom stereocenters. The van der Waals surface area contributed by atoms with Gasteiger partial charge in [-0.25, -0.2) is 0 Å². The average Bonchev–Trinajstić information content (AvgIpc) is 3.01. The van der Waals surface area contributed by atoms with E-state index in [-0.39, 0.29) is 0 Å². The molecular formula is C38H36P+. The van der Waals surface area contributed by atoms with Gasteiger partial charge in [-0.15, -0.1) is 0 Å². The van der Waals surface area contributed by atoms with E-state index >= 15 is 0 Å². The largest absolute Gasteiger partial charge is 0.116 e. The van der Waals surface area contributed by atoms with Crippen molar-refractivity contribution >= 4 is 44.7 Å². The maximum absolute atomic E-state index is 2.45. The molecule has 0 saturated carbocycles. The van der Waals surface area contributed by atoms with Crippen LogP contribution in [0.2, 0.25) is 0 Å². The normalized spacial score (nSPS) is 11.7. The van der Waals surface area contributed by atoms with Crippen molar-refractivity contribution in [1.29, 1.82) is 0 Å². The Kier molecular flexibility index (Phi) is 7.57. The fraction of sp³-hybridized carbons (Fsp3) is 0.158. The maximum atomic E-state index is 2.45. The predicted molar refractivity (Wildman–Crippen MR) is 174 cm³/mol. The average molecular weight is 524 g/mol. The van der Waals surface area contributed by atoms with Crippen molar-refractivity contribution < 1.29 is 0 Å². The highest BCUT2D eigenvalue weighted by molar-refractivity contribution is 7.95. The summed E-state index contributed by atoms with van der Waals surface area (Å²) in [5, 5.41) is 9.74. The topological polar surface area (TPSA) is 0 Å². The number of hydrogen-bond donors (Lipinski definition) is 0. The molecular weight excluding hydrogens is 487 g/mol. The zero-order valence-electron chi connectivity index (χ0n) is 22.8. The monoisotopic (exact) mass is 523 g/mol. The Morgan fingerprint density at radius 1 is 0.487 bits per heavy atom. The summed E-state index contributed by atoms with van der Waals surface area (Å²) in [4.78, 5) is 0. The molecule has 0 unspecified atom stereocenters. The minimum Gasteiger partial charge on any atom is -0.0654 e. The second-order valence-corrected chi connectivity index (χ2v) is 14.0. The first-order valence-corrected chi connectivity index (χ1v) is 16.3. The van der Waals surface area contributed by atoms with Crippen molar-refractivity contribution in [3.63, 3.8) is 0 Å². The second kappa shape index (κ2) is 11.6. The van der Waals surface area contributed by atoms with Crippen LogP contribution in [0.3, 0.4) is 0 Å². The van der Waals surface area contributed by atoms with Crippen LogP contribution in [-0.4, -0.2) is 0 Å². The van der Waals surface area contributed by atoms with Crippen LogP contribution in [-0.2, 0) is 12.6 Å². The van der Waals surface area contributed by atoms with Gasteiger partial charge in [-0.1, -0.05) is 123 Å². The summed E-state index contributed by atoms with van der Waals surface area (Å²) in [6.07, 6.45) is 5.96. The highest BCUT2D eigenvalue weighted by atomic mass is 31.2. The van der Waals surface area contributed by atoms with Gasteiger partial charge in [0.25, 0.3) is 0 Å². The first-order chi connectivity index (χ1) is 19.3. The Morgan fingerprint density at radius 2 is 1.08 bits per heavy atom. The molecule has 1 heteroatoms. The Bertz CT molecular complexity index is 1570. The van der Waals surface area contributed by atoms with Crippen LogP contribution in [0.4, 0.5) is 0 Å². The minimum atomic E-state index is -1.97. The van der Waals surface area contributed by atoms with Gasteiger partial charge in [0.2, 0.25) is 0 Å². The lowest BCUT2D eigenvalue weighted by atomic mass is 9.96. The Balaban J connectivity index is 1.55. The highest BCUT2D eigenvalue weighted by Gasteiger charge is 2.45. The number of rotatable bonds is 9. The molecule has 6 aromatic rings. The molecule has 0 aliphatic carbocycles. The van der Waals surface area contributed by atoms with Crippen molar-refractivity contribution in [1.82, 2.24) is 0 Å². The lowest BCUT2D eigenvalue weighted by Gasteiger charge is -2.28. The van der Waals surface area contributed by atoms with E-state index in [0.717, 1.165) is 12.6 Å². The van der Waals surface area contributed by atoms with E-state index in [1.165, 1.54) is 67.8 Å². The number of fused-ring (bicyclic) bond motifs is 3. The molecule has 0 nitrogen and oxygen atoms in total. The molecule has 0 N–H and O–H groups in total. The third-order valence-corrected chi connectivity index (χ3v) is 12.5. The molecule has 0 bridgehead atoms. The summed E-state index contributed by atoms with van der Waals surface area (Å²) in [5.74, 6) is 0. The van der Waals surface area contributed by atoms with Crippen LogP contribution < -0.4 is 15.9 Å². The zero-order valence-corrected chi connectivity index (χ0v) is 23.7. The molecule has 6 rings (SSSR count). The Labute approximate surface area is 233 Å². The van der Waals surface area contributed by atoms with E-state index in [1.807, 2.05) is 0 Å². The van der Waals surface area contributed by atoms with E-state index in [2.05, 4.69) is 146 Å². The summed E-state index contributed by atoms with van der Waals surface area (Å²) < 4.78 is 0. The van der Waals surface area contributed by atoms with Gasteiger partial charge in [-0.2, -0.15) is 0 Å². The lowest BCUT2D eigenvalue weighted by Crippen LogP contribution is -2.32. The van der Waals surface area contributed by atoms with E-state index in [4.69, 9.17) is 0 Å². The Hall–Kier alpha value is -3.73. The molecule has 0 heterocycles. The molecule has 0 aromatic heterocycles. The number of hydrogen-bond acceptors (Lipinski definition) is 0. The van der Waals surface area contributed by atoms with Crippen LogP contribution >= 0.6 is 7.26 Å². The third-order valence-electron chi connectivity index (χ3n) is 8.10. The first-order valence-electron chi connectivity index (χ1n) is 14.3. The SMILES string of the molecule is CCCCCc1ccc2ccc3c(C[P+](c4ccccc4)(c4ccccc4)c4ccccc4)cccc3c2c1. The van der Waals surface area contributed by atoms with E-state index in [1.54, 1.807) is 0 Å². The number of aryl methyl sites for hydroxylation is 1. The smallest absolute Gasteiger partial charge is 0.0654 e. The quantitative estimate of drug-likeness (QED) is 0.101. The van der Waals surface area contributed by atoms with Crippen LogP contribution in [0.25, 0.3) is 21.5 Å². The van der Waals surface area contributed by atoms with Gasteiger partial charge in [0.1, 0.15) is 23.2 Å². The van der Waals surface area contributed by atoms with E-state index in [9.17, 15) is 0 Å². The van der Waals surface area contributed by atoms with Crippen molar-refractivity contribution in [2.24, 2.45) is 0 Å². The summed E-state index contributed by atoms with van der Waals surface area (Å²) in [7, 11) is -1.97. The summed E-state index contributed by atoms with van der Waals surface area (Å²) >= 11 is 0. The van der Waals surface area contributed by atoms with Crippen LogP contribution in [0.1, 0.15) is 37.3 Å². The number of unbranched alkanes of at least 4 members (excludes halogenated alkanes) is 2. The molecule has 192 valence electrons. The number of benzene rings is 6.